The molecule has 15 heavy (non-hydrogen) atoms. The molecule has 1 aliphatic rings. The monoisotopic (exact) mass is 276 g/mol. The molecule has 0 aliphatic carbocycles. The van der Waals surface area contributed by atoms with Crippen LogP contribution < -0.4 is 5.32 Å². The van der Waals surface area contributed by atoms with E-state index in [1.54, 1.807) is 6.08 Å². The van der Waals surface area contributed by atoms with Crippen LogP contribution in [0.15, 0.2) is 4.91 Å². The third-order valence-corrected chi connectivity index (χ3v) is 3.89. The molecule has 0 aromatic carbocycles. The first-order valence-corrected chi connectivity index (χ1v) is 6.18. The van der Waals surface area contributed by atoms with E-state index in [-0.39, 0.29) is 11.8 Å². The summed E-state index contributed by atoms with van der Waals surface area (Å²) in [5.74, 6) is -0.271. The van der Waals surface area contributed by atoms with Crippen LogP contribution >= 0.6 is 47.5 Å². The largest absolute Gasteiger partial charge is 0.494 e. The number of H-pyrrole nitrogens is 1. The van der Waals surface area contributed by atoms with Gasteiger partial charge in [0.1, 0.15) is 4.32 Å². The van der Waals surface area contributed by atoms with Gasteiger partial charge in [0.05, 0.1) is 9.78 Å². The normalized spacial score (nSPS) is 18.5. The number of aromatic amines is 1. The minimum atomic E-state index is -0.247. The van der Waals surface area contributed by atoms with E-state index in [2.05, 4.69) is 10.3 Å². The van der Waals surface area contributed by atoms with Gasteiger partial charge in [0.15, 0.2) is 3.95 Å². The number of thiocarbonyl (C=S) groups is 1. The highest BCUT2D eigenvalue weighted by molar-refractivity contribution is 8.26. The van der Waals surface area contributed by atoms with Gasteiger partial charge in [0.25, 0.3) is 5.91 Å². The fourth-order valence-corrected chi connectivity index (χ4v) is 3.11. The van der Waals surface area contributed by atoms with Crippen LogP contribution in [0.2, 0.25) is 0 Å². The van der Waals surface area contributed by atoms with Crippen molar-refractivity contribution in [1.82, 2.24) is 10.3 Å². The van der Waals surface area contributed by atoms with E-state index in [0.717, 1.165) is 0 Å². The zero-order valence-corrected chi connectivity index (χ0v) is 10.3. The molecule has 1 fully saturated rings. The molecule has 0 bridgehead atoms. The number of aromatic hydroxyl groups is 1. The third kappa shape index (κ3) is 2.28. The van der Waals surface area contributed by atoms with Crippen molar-refractivity contribution in [2.45, 2.75) is 0 Å². The summed E-state index contributed by atoms with van der Waals surface area (Å²) in [5.41, 5.74) is 0. The molecule has 0 spiro atoms. The van der Waals surface area contributed by atoms with Gasteiger partial charge in [-0.1, -0.05) is 24.0 Å². The second kappa shape index (κ2) is 4.05. The second-order valence-corrected chi connectivity index (χ2v) is 6.02. The van der Waals surface area contributed by atoms with E-state index in [4.69, 9.17) is 24.4 Å². The molecule has 0 atom stereocenters. The second-order valence-electron chi connectivity index (χ2n) is 2.58. The van der Waals surface area contributed by atoms with Crippen LogP contribution in [0.25, 0.3) is 6.08 Å². The lowest BCUT2D eigenvalue weighted by Crippen LogP contribution is -2.17. The minimum absolute atomic E-state index is 0.0243. The van der Waals surface area contributed by atoms with Gasteiger partial charge in [0, 0.05) is 0 Å². The standard InChI is InChI=1S/C7H4N2O2S4/c10-4-2(14-6(12)8-4)1-3-5(11)9-7(13)15-3/h1,10H,(H,8,12)(H,9,11,13)/b3-1+. The van der Waals surface area contributed by atoms with Crippen LogP contribution in [0.5, 0.6) is 5.88 Å². The topological polar surface area (TPSA) is 65.1 Å². The number of carbonyl (C=O) groups is 1. The summed E-state index contributed by atoms with van der Waals surface area (Å²) in [6.07, 6.45) is 1.56. The van der Waals surface area contributed by atoms with E-state index < -0.39 is 0 Å². The molecule has 3 N–H and O–H groups in total. The highest BCUT2D eigenvalue weighted by Gasteiger charge is 2.22. The van der Waals surface area contributed by atoms with Crippen molar-refractivity contribution < 1.29 is 9.90 Å². The van der Waals surface area contributed by atoms with Gasteiger partial charge in [-0.25, -0.2) is 0 Å². The number of hydrogen-bond acceptors (Lipinski definition) is 6. The maximum atomic E-state index is 11.3. The summed E-state index contributed by atoms with van der Waals surface area (Å²) in [6.45, 7) is 0. The fraction of sp³-hybridized carbons (Fsp3) is 0. The van der Waals surface area contributed by atoms with Gasteiger partial charge >= 0.3 is 0 Å². The molecule has 8 heteroatoms. The molecule has 0 saturated carbocycles. The summed E-state index contributed by atoms with van der Waals surface area (Å²) < 4.78 is 0.884. The van der Waals surface area contributed by atoms with Gasteiger partial charge < -0.3 is 15.4 Å². The van der Waals surface area contributed by atoms with Crippen molar-refractivity contribution in [2.75, 3.05) is 0 Å². The molecule has 2 rings (SSSR count). The molecule has 78 valence electrons. The lowest BCUT2D eigenvalue weighted by atomic mass is 10.4. The number of hydrogen-bond donors (Lipinski definition) is 3. The van der Waals surface area contributed by atoms with E-state index >= 15 is 0 Å². The predicted octanol–water partition coefficient (Wildman–Crippen LogP) is 2.00. The van der Waals surface area contributed by atoms with Gasteiger partial charge in [0.2, 0.25) is 5.88 Å². The highest BCUT2D eigenvalue weighted by Crippen LogP contribution is 2.30. The van der Waals surface area contributed by atoms with Gasteiger partial charge in [-0.2, -0.15) is 0 Å². The summed E-state index contributed by atoms with van der Waals surface area (Å²) in [4.78, 5) is 14.9. The number of nitrogens with one attached hydrogen (secondary N) is 2. The minimum Gasteiger partial charge on any atom is -0.494 e. The quantitative estimate of drug-likeness (QED) is 0.541. The average Bonchev–Trinajstić information content (AvgIpc) is 2.58. The Balaban J connectivity index is 2.38. The van der Waals surface area contributed by atoms with Crippen molar-refractivity contribution in [3.63, 3.8) is 0 Å². The molecule has 1 aromatic rings. The van der Waals surface area contributed by atoms with Crippen molar-refractivity contribution in [2.24, 2.45) is 0 Å². The zero-order chi connectivity index (χ0) is 11.0. The van der Waals surface area contributed by atoms with Gasteiger partial charge in [-0.15, -0.1) is 11.3 Å². The number of carbonyl (C=O) groups excluding carboxylic acids is 1. The lowest BCUT2D eigenvalue weighted by molar-refractivity contribution is -0.115. The summed E-state index contributed by atoms with van der Waals surface area (Å²) in [6, 6.07) is 0. The molecule has 1 saturated heterocycles. The summed E-state index contributed by atoms with van der Waals surface area (Å²) >= 11 is 12.1. The Kier molecular flexibility index (Phi) is 2.91. The molecule has 1 amide bonds. The molecule has 0 unspecified atom stereocenters. The van der Waals surface area contributed by atoms with E-state index in [1.807, 2.05) is 0 Å². The molecular weight excluding hydrogens is 272 g/mol. The van der Waals surface area contributed by atoms with Crippen molar-refractivity contribution >= 4 is 63.8 Å². The Labute approximate surface area is 103 Å². The zero-order valence-electron chi connectivity index (χ0n) is 7.07. The van der Waals surface area contributed by atoms with Crippen molar-refractivity contribution in [3.8, 4) is 5.88 Å². The Morgan fingerprint density at radius 1 is 1.40 bits per heavy atom. The first-order chi connectivity index (χ1) is 7.06. The highest BCUT2D eigenvalue weighted by atomic mass is 32.2. The maximum Gasteiger partial charge on any atom is 0.263 e. The number of rotatable bonds is 1. The molecule has 0 radical (unpaired) electrons. The molecular formula is C7H4N2O2S4. The van der Waals surface area contributed by atoms with Crippen LogP contribution in [0, 0.1) is 3.95 Å². The molecule has 1 aromatic heterocycles. The first-order valence-electron chi connectivity index (χ1n) is 3.73. The Morgan fingerprint density at radius 3 is 2.60 bits per heavy atom. The Hall–Kier alpha value is -0.700. The van der Waals surface area contributed by atoms with E-state index in [0.29, 0.717) is 18.1 Å². The molecule has 4 nitrogen and oxygen atoms in total. The average molecular weight is 276 g/mol. The number of thiazole rings is 1. The SMILES string of the molecule is O=C1NC(=S)S/C1=C/c1sc(=S)[nH]c1O. The van der Waals surface area contributed by atoms with E-state index in [9.17, 15) is 9.90 Å². The number of amides is 1. The van der Waals surface area contributed by atoms with Crippen LogP contribution in [-0.2, 0) is 4.79 Å². The van der Waals surface area contributed by atoms with Gasteiger partial charge in [-0.05, 0) is 18.3 Å². The summed E-state index contributed by atoms with van der Waals surface area (Å²) in [7, 11) is 0. The first kappa shape index (κ1) is 10.8. The Morgan fingerprint density at radius 2 is 2.13 bits per heavy atom. The Bertz CT molecular complexity index is 527. The van der Waals surface area contributed by atoms with Crippen LogP contribution in [0.3, 0.4) is 0 Å². The van der Waals surface area contributed by atoms with Crippen molar-refractivity contribution in [3.05, 3.63) is 13.7 Å². The maximum absolute atomic E-state index is 11.3. The van der Waals surface area contributed by atoms with E-state index in [1.165, 1.54) is 23.1 Å². The van der Waals surface area contributed by atoms with Crippen molar-refractivity contribution in [1.29, 1.82) is 0 Å². The summed E-state index contributed by atoms with van der Waals surface area (Å²) in [5, 5.41) is 11.9. The van der Waals surface area contributed by atoms with Crippen LogP contribution in [0.4, 0.5) is 0 Å². The predicted molar refractivity (Wildman–Crippen MR) is 67.5 cm³/mol. The number of aromatic nitrogens is 1. The fourth-order valence-electron chi connectivity index (χ4n) is 0.970. The molecule has 2 heterocycles. The van der Waals surface area contributed by atoms with Gasteiger partial charge in [-0.3, -0.25) is 4.79 Å². The molecule has 1 aliphatic heterocycles. The van der Waals surface area contributed by atoms with Crippen LogP contribution in [-0.4, -0.2) is 20.3 Å². The third-order valence-electron chi connectivity index (χ3n) is 1.56. The number of thioether (sulfide) groups is 1. The smallest absolute Gasteiger partial charge is 0.263 e. The lowest BCUT2D eigenvalue weighted by Gasteiger charge is -1.90. The van der Waals surface area contributed by atoms with Crippen LogP contribution in [0.1, 0.15) is 4.88 Å².